The number of benzene rings is 6. The molecule has 0 fully saturated rings. The molecule has 0 aliphatic heterocycles. The van der Waals surface area contributed by atoms with E-state index in [0.717, 1.165) is 83.2 Å². The molecule has 0 saturated carbocycles. The molecule has 6 aromatic carbocycles. The number of aromatic nitrogens is 3. The van der Waals surface area contributed by atoms with Crippen LogP contribution in [0.4, 0.5) is 0 Å². The first-order chi connectivity index (χ1) is 24.9. The topological polar surface area (TPSA) is 57.0 Å². The van der Waals surface area contributed by atoms with Gasteiger partial charge in [0.25, 0.3) is 0 Å². The first-order valence-electron chi connectivity index (χ1n) is 17.1. The molecule has 52 heavy (non-hydrogen) atoms. The monoisotopic (exact) mass is 868 g/mol. The molecule has 4 aromatic heterocycles. The van der Waals surface area contributed by atoms with E-state index in [1.807, 2.05) is 91.1 Å². The molecule has 10 rings (SSSR count). The standard InChI is InChI=1S/C25H15N2O.C20H18NOSi.Ir/c1-2-9-17(10-3-1)27-22-15-6-5-14-21(22)26-25(27)20-13-8-12-19-18-11-4-7-16-23(18)28-24(19)20;1-23(2,3)15-9-10-18(21-13-15)14-8-11-20-17(12-14)16-6-4-5-7-19(16)22-20;/h1-12,14-16H;4-7,9-13H,1-3H3;/q2*-1;. The van der Waals surface area contributed by atoms with Gasteiger partial charge < -0.3 is 18.4 Å². The Morgan fingerprint density at radius 1 is 0.635 bits per heavy atom. The van der Waals surface area contributed by atoms with Crippen molar-refractivity contribution in [2.24, 2.45) is 0 Å². The molecule has 0 atom stereocenters. The Labute approximate surface area is 315 Å². The Hall–Kier alpha value is -5.59. The second-order valence-electron chi connectivity index (χ2n) is 13.7. The minimum atomic E-state index is -1.31. The smallest absolute Gasteiger partial charge is 0.120 e. The first kappa shape index (κ1) is 33.5. The summed E-state index contributed by atoms with van der Waals surface area (Å²) < 4.78 is 14.3. The Morgan fingerprint density at radius 3 is 2.08 bits per heavy atom. The largest absolute Gasteiger partial charge is 0.501 e. The van der Waals surface area contributed by atoms with Crippen LogP contribution < -0.4 is 5.19 Å². The summed E-state index contributed by atoms with van der Waals surface area (Å²) in [5.41, 5.74) is 9.38. The Kier molecular flexibility index (Phi) is 8.72. The summed E-state index contributed by atoms with van der Waals surface area (Å²) in [6.45, 7) is 7.00. The van der Waals surface area contributed by atoms with Gasteiger partial charge in [0.2, 0.25) is 0 Å². The van der Waals surface area contributed by atoms with Crippen molar-refractivity contribution in [1.82, 2.24) is 14.5 Å². The van der Waals surface area contributed by atoms with Crippen LogP contribution in [-0.4, -0.2) is 22.6 Å². The van der Waals surface area contributed by atoms with Crippen molar-refractivity contribution in [3.8, 4) is 28.3 Å². The van der Waals surface area contributed by atoms with E-state index in [9.17, 15) is 0 Å². The number of hydrogen-bond acceptors (Lipinski definition) is 4. The van der Waals surface area contributed by atoms with Gasteiger partial charge in [-0.25, -0.2) is 0 Å². The summed E-state index contributed by atoms with van der Waals surface area (Å²) in [5.74, 6) is 0.831. The maximum absolute atomic E-state index is 6.24. The number of pyridine rings is 1. The molecular formula is C45H33IrN3O2Si-2. The maximum atomic E-state index is 6.24. The van der Waals surface area contributed by atoms with Crippen LogP contribution in [0.15, 0.2) is 155 Å². The molecule has 4 heterocycles. The summed E-state index contributed by atoms with van der Waals surface area (Å²) in [6.07, 6.45) is 2.02. The van der Waals surface area contributed by atoms with Crippen molar-refractivity contribution in [3.63, 3.8) is 0 Å². The second kappa shape index (κ2) is 13.5. The van der Waals surface area contributed by atoms with Crippen molar-refractivity contribution in [2.45, 2.75) is 19.6 Å². The zero-order valence-corrected chi connectivity index (χ0v) is 32.2. The normalized spacial score (nSPS) is 11.6. The van der Waals surface area contributed by atoms with Gasteiger partial charge in [0.05, 0.1) is 36.1 Å². The molecule has 5 nitrogen and oxygen atoms in total. The van der Waals surface area contributed by atoms with Crippen molar-refractivity contribution >= 4 is 68.2 Å². The zero-order valence-electron chi connectivity index (χ0n) is 28.8. The van der Waals surface area contributed by atoms with Crippen molar-refractivity contribution in [1.29, 1.82) is 0 Å². The van der Waals surface area contributed by atoms with Gasteiger partial charge in [0, 0.05) is 42.8 Å². The molecule has 0 saturated heterocycles. The zero-order chi connectivity index (χ0) is 34.5. The molecule has 0 aliphatic rings. The predicted octanol–water partition coefficient (Wildman–Crippen LogP) is 11.4. The number of fused-ring (bicyclic) bond motifs is 7. The van der Waals surface area contributed by atoms with E-state index >= 15 is 0 Å². The van der Waals surface area contributed by atoms with Crippen LogP contribution in [0.2, 0.25) is 19.6 Å². The average molecular weight is 868 g/mol. The van der Waals surface area contributed by atoms with E-state index in [4.69, 9.17) is 13.8 Å². The van der Waals surface area contributed by atoms with Crippen molar-refractivity contribution in [2.75, 3.05) is 0 Å². The minimum Gasteiger partial charge on any atom is -0.501 e. The molecule has 0 spiro atoms. The number of para-hydroxylation sites is 5. The van der Waals surface area contributed by atoms with Gasteiger partial charge in [-0.05, 0) is 47.3 Å². The second-order valence-corrected chi connectivity index (χ2v) is 18.8. The van der Waals surface area contributed by atoms with Gasteiger partial charge in [0.1, 0.15) is 11.2 Å². The van der Waals surface area contributed by atoms with Gasteiger partial charge >= 0.3 is 0 Å². The van der Waals surface area contributed by atoms with E-state index in [1.54, 1.807) is 0 Å². The first-order valence-corrected chi connectivity index (χ1v) is 20.6. The fourth-order valence-electron chi connectivity index (χ4n) is 6.70. The molecule has 0 N–H and O–H groups in total. The van der Waals surface area contributed by atoms with Crippen LogP contribution in [0.1, 0.15) is 0 Å². The van der Waals surface area contributed by atoms with E-state index in [2.05, 4.69) is 95.9 Å². The van der Waals surface area contributed by atoms with E-state index in [1.165, 1.54) is 5.19 Å². The van der Waals surface area contributed by atoms with Gasteiger partial charge in [-0.15, -0.1) is 42.0 Å². The van der Waals surface area contributed by atoms with Crippen LogP contribution in [0.5, 0.6) is 0 Å². The van der Waals surface area contributed by atoms with Gasteiger partial charge in [-0.3, -0.25) is 4.98 Å². The van der Waals surface area contributed by atoms with Crippen LogP contribution in [0.25, 0.3) is 83.2 Å². The predicted molar refractivity (Wildman–Crippen MR) is 211 cm³/mol. The SMILES string of the molecule is C[Si](C)(C)c1ccc(-c2[c-]cc3oc4ccccc4c3c2)nc1.[Ir].[c-]1ccc2c(oc3ccccc32)c1-c1nc2ccccc2n1-c1ccccc1. The van der Waals surface area contributed by atoms with Gasteiger partial charge in [0.15, 0.2) is 0 Å². The number of imidazole rings is 1. The molecule has 0 aliphatic carbocycles. The minimum absolute atomic E-state index is 0. The summed E-state index contributed by atoms with van der Waals surface area (Å²) in [4.78, 5) is 9.61. The third-order valence-corrected chi connectivity index (χ3v) is 11.4. The van der Waals surface area contributed by atoms with Crippen LogP contribution in [0.3, 0.4) is 0 Å². The van der Waals surface area contributed by atoms with E-state index < -0.39 is 8.07 Å². The Bertz CT molecular complexity index is 2850. The molecule has 0 bridgehead atoms. The van der Waals surface area contributed by atoms with Gasteiger partial charge in [-0.2, -0.15) is 0 Å². The number of nitrogens with zero attached hydrogens (tertiary/aromatic N) is 3. The number of furan rings is 2. The van der Waals surface area contributed by atoms with Crippen molar-refractivity contribution < 1.29 is 28.9 Å². The van der Waals surface area contributed by atoms with Crippen LogP contribution in [0, 0.1) is 12.1 Å². The fraction of sp³-hybridized carbons (Fsp3) is 0.0667. The van der Waals surface area contributed by atoms with Crippen LogP contribution >= 0.6 is 0 Å². The quantitative estimate of drug-likeness (QED) is 0.131. The molecular weight excluding hydrogens is 835 g/mol. The maximum Gasteiger partial charge on any atom is 0.120 e. The Morgan fingerprint density at radius 2 is 1.33 bits per heavy atom. The number of hydrogen-bond donors (Lipinski definition) is 0. The molecule has 255 valence electrons. The molecule has 1 radical (unpaired) electrons. The average Bonchev–Trinajstić information content (AvgIpc) is 3.86. The summed E-state index contributed by atoms with van der Waals surface area (Å²) in [7, 11) is -1.31. The summed E-state index contributed by atoms with van der Waals surface area (Å²) >= 11 is 0. The molecule has 10 aromatic rings. The third kappa shape index (κ3) is 5.97. The van der Waals surface area contributed by atoms with Crippen LogP contribution in [-0.2, 0) is 20.1 Å². The number of rotatable bonds is 4. The summed E-state index contributed by atoms with van der Waals surface area (Å²) in [6, 6.07) is 53.8. The fourth-order valence-corrected chi connectivity index (χ4v) is 7.74. The van der Waals surface area contributed by atoms with Crippen molar-refractivity contribution in [3.05, 3.63) is 158 Å². The van der Waals surface area contributed by atoms with E-state index in [0.29, 0.717) is 0 Å². The van der Waals surface area contributed by atoms with Gasteiger partial charge in [-0.1, -0.05) is 115 Å². The molecule has 0 amide bonds. The summed E-state index contributed by atoms with van der Waals surface area (Å²) in [5, 5.41) is 5.81. The Balaban J connectivity index is 0.000000149. The third-order valence-electron chi connectivity index (χ3n) is 9.35. The molecule has 0 unspecified atom stereocenters. The van der Waals surface area contributed by atoms with E-state index in [-0.39, 0.29) is 20.1 Å². The molecule has 7 heteroatoms.